The first kappa shape index (κ1) is 21.5. The molecular weight excluding hydrogens is 418 g/mol. The second-order valence-electron chi connectivity index (χ2n) is 8.34. The van der Waals surface area contributed by atoms with E-state index in [0.717, 1.165) is 22.3 Å². The van der Waals surface area contributed by atoms with Gasteiger partial charge in [0.1, 0.15) is 11.5 Å². The number of ether oxygens (including phenoxy) is 1. The minimum atomic E-state index is -3.49. The van der Waals surface area contributed by atoms with Crippen LogP contribution in [0.25, 0.3) is 0 Å². The molecule has 1 unspecified atom stereocenters. The second-order valence-corrected chi connectivity index (χ2v) is 10.0. The van der Waals surface area contributed by atoms with E-state index in [9.17, 15) is 18.3 Å². The van der Waals surface area contributed by atoms with Crippen molar-refractivity contribution >= 4 is 27.5 Å². The van der Waals surface area contributed by atoms with Gasteiger partial charge in [-0.25, -0.2) is 0 Å². The van der Waals surface area contributed by atoms with Crippen LogP contribution in [0.1, 0.15) is 35.6 Å². The molecule has 0 radical (unpaired) electrons. The summed E-state index contributed by atoms with van der Waals surface area (Å²) in [5, 5.41) is 13.2. The van der Waals surface area contributed by atoms with Gasteiger partial charge >= 0.3 is 10.2 Å². The molecule has 0 aromatic heterocycles. The van der Waals surface area contributed by atoms with Gasteiger partial charge in [0.15, 0.2) is 5.60 Å². The van der Waals surface area contributed by atoms with E-state index in [1.165, 1.54) is 4.31 Å². The molecular formula is C22H27N3O5S. The Morgan fingerprint density at radius 3 is 2.45 bits per heavy atom. The second kappa shape index (κ2) is 7.42. The SMILES string of the molecule is Cc1c(C)c2c(c(C)c1O)CCC(C)(C(=O)Nc1ccc(N3CCNS3(=O)=O)cc1)O2. The quantitative estimate of drug-likeness (QED) is 0.673. The molecule has 8 nitrogen and oxygen atoms in total. The maximum atomic E-state index is 13.1. The van der Waals surface area contributed by atoms with E-state index in [0.29, 0.717) is 43.1 Å². The molecule has 2 aliphatic rings. The van der Waals surface area contributed by atoms with Crippen molar-refractivity contribution in [3.63, 3.8) is 0 Å². The molecule has 2 aromatic rings. The standard InChI is InChI=1S/C22H27N3O5S/c1-13-14(2)20-18(15(3)19(13)26)9-10-22(4,30-20)21(27)24-16-5-7-17(8-6-16)25-12-11-23-31(25,28)29/h5-8,23,26H,9-12H2,1-4H3,(H,24,27). The summed E-state index contributed by atoms with van der Waals surface area (Å²) in [6.07, 6.45) is 1.10. The van der Waals surface area contributed by atoms with Crippen LogP contribution in [-0.2, 0) is 21.4 Å². The Balaban J connectivity index is 1.53. The molecule has 0 bridgehead atoms. The van der Waals surface area contributed by atoms with E-state index < -0.39 is 15.8 Å². The van der Waals surface area contributed by atoms with E-state index in [1.807, 2.05) is 20.8 Å². The third kappa shape index (κ3) is 3.61. The first-order valence-electron chi connectivity index (χ1n) is 10.2. The number of amides is 1. The maximum absolute atomic E-state index is 13.1. The number of nitrogens with one attached hydrogen (secondary N) is 2. The Kier molecular flexibility index (Phi) is 5.13. The van der Waals surface area contributed by atoms with Gasteiger partial charge in [-0.2, -0.15) is 13.1 Å². The van der Waals surface area contributed by atoms with Crippen molar-refractivity contribution in [1.29, 1.82) is 0 Å². The normalized spacial score (nSPS) is 22.0. The average Bonchev–Trinajstić information content (AvgIpc) is 3.10. The minimum Gasteiger partial charge on any atom is -0.507 e. The number of anilines is 2. The third-order valence-electron chi connectivity index (χ3n) is 6.30. The van der Waals surface area contributed by atoms with Gasteiger partial charge in [-0.1, -0.05) is 0 Å². The van der Waals surface area contributed by atoms with E-state index in [4.69, 9.17) is 4.74 Å². The first-order chi connectivity index (χ1) is 14.5. The molecule has 2 heterocycles. The van der Waals surface area contributed by atoms with Gasteiger partial charge in [-0.3, -0.25) is 9.10 Å². The van der Waals surface area contributed by atoms with Crippen molar-refractivity contribution in [1.82, 2.24) is 4.72 Å². The van der Waals surface area contributed by atoms with Crippen LogP contribution >= 0.6 is 0 Å². The van der Waals surface area contributed by atoms with Crippen LogP contribution in [0.3, 0.4) is 0 Å². The van der Waals surface area contributed by atoms with Crippen molar-refractivity contribution in [3.05, 3.63) is 46.5 Å². The van der Waals surface area contributed by atoms with Crippen molar-refractivity contribution in [3.8, 4) is 11.5 Å². The van der Waals surface area contributed by atoms with Crippen LogP contribution in [0, 0.1) is 20.8 Å². The number of fused-ring (bicyclic) bond motifs is 1. The highest BCUT2D eigenvalue weighted by Crippen LogP contribution is 2.43. The molecule has 0 spiro atoms. The van der Waals surface area contributed by atoms with Crippen LogP contribution in [0.4, 0.5) is 11.4 Å². The molecule has 4 rings (SSSR count). The van der Waals surface area contributed by atoms with E-state index >= 15 is 0 Å². The van der Waals surface area contributed by atoms with Crippen LogP contribution < -0.4 is 19.1 Å². The number of phenolic OH excluding ortho intramolecular Hbond substituents is 1. The summed E-state index contributed by atoms with van der Waals surface area (Å²) < 4.78 is 33.9. The third-order valence-corrected chi connectivity index (χ3v) is 7.85. The topological polar surface area (TPSA) is 108 Å². The number of hydrogen-bond acceptors (Lipinski definition) is 5. The van der Waals surface area contributed by atoms with Gasteiger partial charge in [0.05, 0.1) is 5.69 Å². The predicted molar refractivity (Wildman–Crippen MR) is 119 cm³/mol. The first-order valence-corrected chi connectivity index (χ1v) is 11.7. The Hall–Kier alpha value is -2.78. The molecule has 2 aliphatic heterocycles. The highest BCUT2D eigenvalue weighted by atomic mass is 32.2. The Morgan fingerprint density at radius 2 is 1.84 bits per heavy atom. The van der Waals surface area contributed by atoms with Crippen LogP contribution in [0.2, 0.25) is 0 Å². The van der Waals surface area contributed by atoms with Gasteiger partial charge in [0.25, 0.3) is 5.91 Å². The summed E-state index contributed by atoms with van der Waals surface area (Å²) in [7, 11) is -3.49. The number of carbonyl (C=O) groups excluding carboxylic acids is 1. The number of nitrogens with zero attached hydrogens (tertiary/aromatic N) is 1. The van der Waals surface area contributed by atoms with Gasteiger partial charge in [0.2, 0.25) is 0 Å². The molecule has 1 amide bonds. The summed E-state index contributed by atoms with van der Waals surface area (Å²) in [5.41, 5.74) is 3.36. The fourth-order valence-corrected chi connectivity index (χ4v) is 5.36. The van der Waals surface area contributed by atoms with Crippen molar-refractivity contribution in [2.45, 2.75) is 46.1 Å². The Morgan fingerprint density at radius 1 is 1.16 bits per heavy atom. The lowest BCUT2D eigenvalue weighted by molar-refractivity contribution is -0.131. The lowest BCUT2D eigenvalue weighted by Gasteiger charge is -2.36. The van der Waals surface area contributed by atoms with Crippen molar-refractivity contribution in [2.24, 2.45) is 0 Å². The van der Waals surface area contributed by atoms with Crippen LogP contribution in [0.15, 0.2) is 24.3 Å². The fourth-order valence-electron chi connectivity index (χ4n) is 4.12. The summed E-state index contributed by atoms with van der Waals surface area (Å²) in [5.74, 6) is 0.672. The molecule has 31 heavy (non-hydrogen) atoms. The van der Waals surface area contributed by atoms with Gasteiger partial charge in [-0.05, 0) is 75.1 Å². The molecule has 1 saturated heterocycles. The van der Waals surface area contributed by atoms with Crippen LogP contribution in [-0.4, -0.2) is 38.1 Å². The molecule has 1 fully saturated rings. The minimum absolute atomic E-state index is 0.274. The molecule has 2 aromatic carbocycles. The number of rotatable bonds is 3. The Labute approximate surface area is 182 Å². The number of phenols is 1. The summed E-state index contributed by atoms with van der Waals surface area (Å²) in [6.45, 7) is 8.09. The van der Waals surface area contributed by atoms with Crippen molar-refractivity contribution < 1.29 is 23.1 Å². The number of hydrogen-bond donors (Lipinski definition) is 3. The van der Waals surface area contributed by atoms with Crippen molar-refractivity contribution in [2.75, 3.05) is 22.7 Å². The molecule has 166 valence electrons. The largest absolute Gasteiger partial charge is 0.507 e. The zero-order chi connectivity index (χ0) is 22.6. The molecule has 0 aliphatic carbocycles. The van der Waals surface area contributed by atoms with Crippen LogP contribution in [0.5, 0.6) is 11.5 Å². The maximum Gasteiger partial charge on any atom is 0.301 e. The summed E-state index contributed by atoms with van der Waals surface area (Å²) in [6, 6.07) is 6.69. The smallest absolute Gasteiger partial charge is 0.301 e. The lowest BCUT2D eigenvalue weighted by atomic mass is 9.86. The van der Waals surface area contributed by atoms with E-state index in [1.54, 1.807) is 31.2 Å². The molecule has 3 N–H and O–H groups in total. The highest BCUT2D eigenvalue weighted by molar-refractivity contribution is 7.91. The number of carbonyl (C=O) groups is 1. The summed E-state index contributed by atoms with van der Waals surface area (Å²) in [4.78, 5) is 13.1. The number of aromatic hydroxyl groups is 1. The van der Waals surface area contributed by atoms with Gasteiger partial charge < -0.3 is 15.2 Å². The zero-order valence-electron chi connectivity index (χ0n) is 18.1. The average molecular weight is 446 g/mol. The summed E-state index contributed by atoms with van der Waals surface area (Å²) >= 11 is 0. The van der Waals surface area contributed by atoms with Gasteiger partial charge in [0, 0.05) is 30.8 Å². The van der Waals surface area contributed by atoms with E-state index in [-0.39, 0.29) is 11.7 Å². The highest BCUT2D eigenvalue weighted by Gasteiger charge is 2.41. The predicted octanol–water partition coefficient (Wildman–Crippen LogP) is 2.69. The molecule has 1 atom stereocenters. The lowest BCUT2D eigenvalue weighted by Crippen LogP contribution is -2.48. The monoisotopic (exact) mass is 445 g/mol. The number of benzene rings is 2. The zero-order valence-corrected chi connectivity index (χ0v) is 18.9. The Bertz CT molecular complexity index is 1160. The van der Waals surface area contributed by atoms with Gasteiger partial charge in [-0.15, -0.1) is 0 Å². The van der Waals surface area contributed by atoms with E-state index in [2.05, 4.69) is 10.0 Å². The molecule has 9 heteroatoms. The fraction of sp³-hybridized carbons (Fsp3) is 0.409. The molecule has 0 saturated carbocycles.